The first-order valence-corrected chi connectivity index (χ1v) is 8.70. The van der Waals surface area contributed by atoms with Gasteiger partial charge in [-0.1, -0.05) is 51.2 Å². The summed E-state index contributed by atoms with van der Waals surface area (Å²) in [7, 11) is -3.37. The Labute approximate surface area is 126 Å². The number of nitrogens with two attached hydrogens (primary N) is 1. The number of thiocarbonyl (C=S) groups is 1. The van der Waals surface area contributed by atoms with Gasteiger partial charge in [0.25, 0.3) is 0 Å². The first kappa shape index (κ1) is 17.1. The van der Waals surface area contributed by atoms with Crippen molar-refractivity contribution >= 4 is 27.2 Å². The van der Waals surface area contributed by atoms with Gasteiger partial charge in [-0.05, 0) is 24.0 Å². The number of rotatable bonds is 7. The van der Waals surface area contributed by atoms with Gasteiger partial charge >= 0.3 is 0 Å². The third-order valence-corrected chi connectivity index (χ3v) is 4.75. The van der Waals surface area contributed by atoms with Crippen LogP contribution in [-0.4, -0.2) is 19.4 Å². The lowest BCUT2D eigenvalue weighted by molar-refractivity contribution is 0.437. The van der Waals surface area contributed by atoms with E-state index >= 15 is 0 Å². The van der Waals surface area contributed by atoms with Gasteiger partial charge in [-0.3, -0.25) is 0 Å². The van der Waals surface area contributed by atoms with Crippen LogP contribution in [0.25, 0.3) is 0 Å². The molecule has 0 saturated carbocycles. The minimum Gasteiger partial charge on any atom is -0.389 e. The van der Waals surface area contributed by atoms with E-state index < -0.39 is 10.0 Å². The molecule has 112 valence electrons. The van der Waals surface area contributed by atoms with E-state index in [1.54, 1.807) is 24.3 Å². The summed E-state index contributed by atoms with van der Waals surface area (Å²) in [6, 6.07) is 6.97. The summed E-state index contributed by atoms with van der Waals surface area (Å²) in [5.74, 6) is 0.199. The molecule has 3 N–H and O–H groups in total. The van der Waals surface area contributed by atoms with Crippen molar-refractivity contribution in [3.8, 4) is 0 Å². The maximum Gasteiger partial charge on any atom is 0.216 e. The predicted molar refractivity (Wildman–Crippen MR) is 87.0 cm³/mol. The van der Waals surface area contributed by atoms with E-state index in [1.807, 2.05) is 20.8 Å². The zero-order valence-corrected chi connectivity index (χ0v) is 13.7. The summed E-state index contributed by atoms with van der Waals surface area (Å²) in [6.45, 7) is 5.98. The maximum atomic E-state index is 12.2. The van der Waals surface area contributed by atoms with Gasteiger partial charge in [-0.15, -0.1) is 0 Å². The Morgan fingerprint density at radius 1 is 1.40 bits per heavy atom. The third-order valence-electron chi connectivity index (χ3n) is 3.14. The van der Waals surface area contributed by atoms with Gasteiger partial charge in [0.05, 0.1) is 5.75 Å². The van der Waals surface area contributed by atoms with Gasteiger partial charge in [-0.25, -0.2) is 13.1 Å². The Kier molecular flexibility index (Phi) is 6.10. The highest BCUT2D eigenvalue weighted by Crippen LogP contribution is 2.12. The lowest BCUT2D eigenvalue weighted by Gasteiger charge is -2.20. The summed E-state index contributed by atoms with van der Waals surface area (Å²) in [6.07, 6.45) is 0.768. The SMILES string of the molecule is CCC(NS(=O)(=O)Cc1cccc(C(N)=S)c1)C(C)C. The van der Waals surface area contributed by atoms with E-state index in [9.17, 15) is 8.42 Å². The van der Waals surface area contributed by atoms with Crippen LogP contribution >= 0.6 is 12.2 Å². The second kappa shape index (κ2) is 7.15. The molecule has 1 aromatic carbocycles. The van der Waals surface area contributed by atoms with Gasteiger partial charge in [0.2, 0.25) is 10.0 Å². The molecule has 20 heavy (non-hydrogen) atoms. The van der Waals surface area contributed by atoms with Crippen LogP contribution in [-0.2, 0) is 15.8 Å². The summed E-state index contributed by atoms with van der Waals surface area (Å²) in [5.41, 5.74) is 6.92. The normalized spacial score (nSPS) is 13.4. The molecule has 1 atom stereocenters. The Hall–Kier alpha value is -0.980. The minimum atomic E-state index is -3.37. The van der Waals surface area contributed by atoms with Crippen molar-refractivity contribution in [2.75, 3.05) is 0 Å². The van der Waals surface area contributed by atoms with E-state index in [1.165, 1.54) is 0 Å². The molecule has 6 heteroatoms. The highest BCUT2D eigenvalue weighted by molar-refractivity contribution is 7.88. The molecule has 0 aliphatic carbocycles. The Morgan fingerprint density at radius 2 is 2.05 bits per heavy atom. The largest absolute Gasteiger partial charge is 0.389 e. The fourth-order valence-corrected chi connectivity index (χ4v) is 3.73. The van der Waals surface area contributed by atoms with E-state index in [4.69, 9.17) is 18.0 Å². The summed E-state index contributed by atoms with van der Waals surface area (Å²) < 4.78 is 27.1. The number of benzene rings is 1. The molecule has 1 aromatic rings. The molecule has 0 radical (unpaired) electrons. The molecule has 0 heterocycles. The quantitative estimate of drug-likeness (QED) is 0.757. The Morgan fingerprint density at radius 3 is 2.55 bits per heavy atom. The van der Waals surface area contributed by atoms with Gasteiger partial charge in [0, 0.05) is 11.6 Å². The summed E-state index contributed by atoms with van der Waals surface area (Å²) >= 11 is 4.90. The lowest BCUT2D eigenvalue weighted by Crippen LogP contribution is -2.38. The molecule has 0 spiro atoms. The number of nitrogens with one attached hydrogen (secondary N) is 1. The fraction of sp³-hybridized carbons (Fsp3) is 0.500. The monoisotopic (exact) mass is 314 g/mol. The van der Waals surface area contributed by atoms with Crippen molar-refractivity contribution in [3.05, 3.63) is 35.4 Å². The van der Waals surface area contributed by atoms with Crippen LogP contribution in [0.5, 0.6) is 0 Å². The first-order valence-electron chi connectivity index (χ1n) is 6.64. The molecule has 4 nitrogen and oxygen atoms in total. The maximum absolute atomic E-state index is 12.2. The van der Waals surface area contributed by atoms with E-state index in [0.29, 0.717) is 11.1 Å². The molecule has 0 amide bonds. The predicted octanol–water partition coefficient (Wildman–Crippen LogP) is 2.17. The second-order valence-electron chi connectivity index (χ2n) is 5.20. The lowest BCUT2D eigenvalue weighted by atomic mass is 10.0. The van der Waals surface area contributed by atoms with Crippen molar-refractivity contribution < 1.29 is 8.42 Å². The highest BCUT2D eigenvalue weighted by atomic mass is 32.2. The summed E-state index contributed by atoms with van der Waals surface area (Å²) in [5, 5.41) is 0. The average molecular weight is 314 g/mol. The van der Waals surface area contributed by atoms with Crippen molar-refractivity contribution in [1.29, 1.82) is 0 Å². The molecule has 1 unspecified atom stereocenters. The van der Waals surface area contributed by atoms with Crippen LogP contribution in [0.4, 0.5) is 0 Å². The van der Waals surface area contributed by atoms with E-state index in [0.717, 1.165) is 6.42 Å². The molecule has 0 saturated heterocycles. The second-order valence-corrected chi connectivity index (χ2v) is 7.39. The average Bonchev–Trinajstić information content (AvgIpc) is 2.35. The van der Waals surface area contributed by atoms with E-state index in [2.05, 4.69) is 4.72 Å². The smallest absolute Gasteiger partial charge is 0.216 e. The van der Waals surface area contributed by atoms with Crippen LogP contribution in [0, 0.1) is 5.92 Å². The summed E-state index contributed by atoms with van der Waals surface area (Å²) in [4.78, 5) is 0.269. The number of hydrogen-bond acceptors (Lipinski definition) is 3. The van der Waals surface area contributed by atoms with Crippen LogP contribution in [0.3, 0.4) is 0 Å². The van der Waals surface area contributed by atoms with Crippen LogP contribution in [0.15, 0.2) is 24.3 Å². The standard InChI is InChI=1S/C14H22N2O2S2/c1-4-13(10(2)3)16-20(17,18)9-11-6-5-7-12(8-11)14(15)19/h5-8,10,13,16H,4,9H2,1-3H3,(H2,15,19). The highest BCUT2D eigenvalue weighted by Gasteiger charge is 2.19. The van der Waals surface area contributed by atoms with Crippen molar-refractivity contribution in [1.82, 2.24) is 4.72 Å². The van der Waals surface area contributed by atoms with Crippen LogP contribution in [0.2, 0.25) is 0 Å². The van der Waals surface area contributed by atoms with Crippen LogP contribution < -0.4 is 10.5 Å². The molecule has 0 aliphatic heterocycles. The molecule has 0 fully saturated rings. The molecule has 0 aromatic heterocycles. The third kappa shape index (κ3) is 5.19. The molecule has 1 rings (SSSR count). The zero-order valence-electron chi connectivity index (χ0n) is 12.1. The van der Waals surface area contributed by atoms with Crippen molar-refractivity contribution in [2.45, 2.75) is 39.0 Å². The van der Waals surface area contributed by atoms with Gasteiger partial charge in [0.1, 0.15) is 4.99 Å². The van der Waals surface area contributed by atoms with Crippen molar-refractivity contribution in [3.63, 3.8) is 0 Å². The Balaban J connectivity index is 2.86. The fourth-order valence-electron chi connectivity index (χ4n) is 2.00. The van der Waals surface area contributed by atoms with E-state index in [-0.39, 0.29) is 22.7 Å². The van der Waals surface area contributed by atoms with Gasteiger partial charge in [-0.2, -0.15) is 0 Å². The molecular formula is C14H22N2O2S2. The van der Waals surface area contributed by atoms with Crippen LogP contribution in [0.1, 0.15) is 38.3 Å². The number of sulfonamides is 1. The molecular weight excluding hydrogens is 292 g/mol. The zero-order chi connectivity index (χ0) is 15.3. The number of hydrogen-bond donors (Lipinski definition) is 2. The molecule has 0 bridgehead atoms. The Bertz CT molecular complexity index is 568. The minimum absolute atomic E-state index is 0.0428. The topological polar surface area (TPSA) is 72.2 Å². The first-order chi connectivity index (χ1) is 9.25. The van der Waals surface area contributed by atoms with Gasteiger partial charge < -0.3 is 5.73 Å². The van der Waals surface area contributed by atoms with Crippen molar-refractivity contribution in [2.24, 2.45) is 11.7 Å². The molecule has 0 aliphatic rings. The van der Waals surface area contributed by atoms with Gasteiger partial charge in [0.15, 0.2) is 0 Å².